The Bertz CT molecular complexity index is 901. The van der Waals surface area contributed by atoms with Crippen LogP contribution in [-0.4, -0.2) is 0 Å². The summed E-state index contributed by atoms with van der Waals surface area (Å²) in [5.74, 6) is 2.28. The molecule has 0 spiro atoms. The first-order chi connectivity index (χ1) is 14.0. The zero-order chi connectivity index (χ0) is 24.0. The molecule has 1 rings (SSSR count). The van der Waals surface area contributed by atoms with E-state index < -0.39 is 0 Å². The predicted molar refractivity (Wildman–Crippen MR) is 135 cm³/mol. The quantitative estimate of drug-likeness (QED) is 0.346. The van der Waals surface area contributed by atoms with Gasteiger partial charge < -0.3 is 0 Å². The van der Waals surface area contributed by atoms with Gasteiger partial charge in [0.1, 0.15) is 0 Å². The van der Waals surface area contributed by atoms with Crippen molar-refractivity contribution in [3.8, 4) is 18.4 Å². The molecule has 0 aliphatic rings. The first-order valence-electron chi connectivity index (χ1n) is 10.3. The molecule has 30 heavy (non-hydrogen) atoms. The number of hydrogen-bond acceptors (Lipinski definition) is 1. The van der Waals surface area contributed by atoms with Gasteiger partial charge in [-0.1, -0.05) is 68.0 Å². The van der Waals surface area contributed by atoms with E-state index in [1.54, 1.807) is 6.92 Å². The van der Waals surface area contributed by atoms with Crippen molar-refractivity contribution in [2.24, 2.45) is 0 Å². The van der Waals surface area contributed by atoms with Crippen molar-refractivity contribution in [1.82, 2.24) is 0 Å². The average Bonchev–Trinajstić information content (AvgIpc) is 2.65. The monoisotopic (exact) mass is 401 g/mol. The Labute approximate surface area is 186 Å². The normalized spacial score (nSPS) is 10.6. The van der Waals surface area contributed by atoms with Crippen LogP contribution < -0.4 is 0 Å². The summed E-state index contributed by atoms with van der Waals surface area (Å²) in [6.07, 6.45) is 6.70. The second-order valence-electron chi connectivity index (χ2n) is 7.33. The Morgan fingerprint density at radius 1 is 1.03 bits per heavy atom. The Hall–Kier alpha value is -3.03. The van der Waals surface area contributed by atoms with Gasteiger partial charge >= 0.3 is 0 Å². The number of rotatable bonds is 6. The average molecular weight is 402 g/mol. The standard InChI is InChI=1S/C24H29N.C3H4.C2H6/c1-15(2)12-22(16(3)4)24(23(17(5)6)18(7)8)21-11-10-20(14-25)13-19(21)9;1-3-2;1-2/h10-13,24H,1,3,5H2,2,4,6-9H3;1H,2H3;1-2H3/b22-12+;;. The Balaban J connectivity index is 0. The lowest BCUT2D eigenvalue weighted by Gasteiger charge is -2.28. The van der Waals surface area contributed by atoms with Gasteiger partial charge in [0, 0.05) is 5.92 Å². The minimum absolute atomic E-state index is 0.0319. The molecule has 160 valence electrons. The van der Waals surface area contributed by atoms with Gasteiger partial charge in [0.25, 0.3) is 0 Å². The molecule has 1 atom stereocenters. The van der Waals surface area contributed by atoms with Crippen LogP contribution in [0.1, 0.15) is 78.0 Å². The molecule has 0 fully saturated rings. The van der Waals surface area contributed by atoms with Crippen molar-refractivity contribution in [1.29, 1.82) is 5.26 Å². The molecule has 0 bridgehead atoms. The lowest BCUT2D eigenvalue weighted by Crippen LogP contribution is -2.11. The van der Waals surface area contributed by atoms with Crippen molar-refractivity contribution in [3.63, 3.8) is 0 Å². The molecule has 1 heteroatoms. The van der Waals surface area contributed by atoms with E-state index in [4.69, 9.17) is 0 Å². The summed E-state index contributed by atoms with van der Waals surface area (Å²) in [6.45, 7) is 30.5. The van der Waals surface area contributed by atoms with E-state index >= 15 is 0 Å². The third-order valence-electron chi connectivity index (χ3n) is 4.20. The number of allylic oxidation sites excluding steroid dienone is 7. The van der Waals surface area contributed by atoms with Crippen molar-refractivity contribution >= 4 is 0 Å². The number of hydrogen-bond donors (Lipinski definition) is 0. The van der Waals surface area contributed by atoms with E-state index in [2.05, 4.69) is 71.1 Å². The minimum atomic E-state index is 0.0319. The van der Waals surface area contributed by atoms with E-state index in [1.807, 2.05) is 46.8 Å². The molecule has 1 aromatic rings. The minimum Gasteiger partial charge on any atom is -0.192 e. The molecule has 0 aliphatic carbocycles. The lowest BCUT2D eigenvalue weighted by molar-refractivity contribution is 0.904. The van der Waals surface area contributed by atoms with Gasteiger partial charge in [-0.3, -0.25) is 0 Å². The highest BCUT2D eigenvalue weighted by Gasteiger charge is 2.25. The summed E-state index contributed by atoms with van der Waals surface area (Å²) >= 11 is 0. The second-order valence-corrected chi connectivity index (χ2v) is 7.33. The second kappa shape index (κ2) is 14.9. The van der Waals surface area contributed by atoms with Crippen LogP contribution >= 0.6 is 0 Å². The summed E-state index contributed by atoms with van der Waals surface area (Å²) < 4.78 is 0. The SMILES string of the molecule is C#CC.C=C(C)/C=C(\C(=C)C)C(C(C(=C)C)=C(C)C)c1ccc(C#N)cc1C.CC. The van der Waals surface area contributed by atoms with Gasteiger partial charge in [-0.15, -0.1) is 12.3 Å². The molecule has 0 aliphatic heterocycles. The number of aryl methyl sites for hydroxylation is 1. The maximum Gasteiger partial charge on any atom is 0.0991 e. The van der Waals surface area contributed by atoms with Crippen LogP contribution in [0.5, 0.6) is 0 Å². The summed E-state index contributed by atoms with van der Waals surface area (Å²) in [5.41, 5.74) is 9.57. The predicted octanol–water partition coefficient (Wildman–Crippen LogP) is 8.61. The van der Waals surface area contributed by atoms with Gasteiger partial charge in [0.2, 0.25) is 0 Å². The Kier molecular flexibility index (Phi) is 14.5. The van der Waals surface area contributed by atoms with Crippen LogP contribution in [-0.2, 0) is 0 Å². The lowest BCUT2D eigenvalue weighted by atomic mass is 9.76. The molecule has 0 saturated carbocycles. The first kappa shape index (κ1) is 29.2. The highest BCUT2D eigenvalue weighted by atomic mass is 14.3. The number of benzene rings is 1. The number of terminal acetylenes is 1. The fourth-order valence-electron chi connectivity index (χ4n) is 3.23. The topological polar surface area (TPSA) is 23.8 Å². The fourth-order valence-corrected chi connectivity index (χ4v) is 3.23. The number of nitriles is 1. The zero-order valence-corrected chi connectivity index (χ0v) is 20.5. The fraction of sp³-hybridized carbons (Fsp3) is 0.345. The molecule has 0 aromatic heterocycles. The third-order valence-corrected chi connectivity index (χ3v) is 4.20. The molecule has 1 aromatic carbocycles. The molecule has 0 radical (unpaired) electrons. The third kappa shape index (κ3) is 8.98. The first-order valence-corrected chi connectivity index (χ1v) is 10.3. The van der Waals surface area contributed by atoms with Gasteiger partial charge in [-0.25, -0.2) is 0 Å². The summed E-state index contributed by atoms with van der Waals surface area (Å²) in [6, 6.07) is 8.10. The Morgan fingerprint density at radius 2 is 1.53 bits per heavy atom. The van der Waals surface area contributed by atoms with Crippen LogP contribution in [0, 0.1) is 30.6 Å². The summed E-state index contributed by atoms with van der Waals surface area (Å²) in [7, 11) is 0. The van der Waals surface area contributed by atoms with Crippen LogP contribution in [0.2, 0.25) is 0 Å². The van der Waals surface area contributed by atoms with E-state index in [-0.39, 0.29) is 5.92 Å². The highest BCUT2D eigenvalue weighted by Crippen LogP contribution is 2.41. The van der Waals surface area contributed by atoms with Crippen molar-refractivity contribution in [2.45, 2.75) is 68.2 Å². The summed E-state index contributed by atoms with van der Waals surface area (Å²) in [5, 5.41) is 9.18. The van der Waals surface area contributed by atoms with Gasteiger partial charge in [0.05, 0.1) is 11.6 Å². The van der Waals surface area contributed by atoms with Crippen LogP contribution in [0.15, 0.2) is 77.5 Å². The van der Waals surface area contributed by atoms with Gasteiger partial charge in [0.15, 0.2) is 0 Å². The van der Waals surface area contributed by atoms with E-state index in [1.165, 1.54) is 16.7 Å². The van der Waals surface area contributed by atoms with E-state index in [0.29, 0.717) is 5.56 Å². The maximum absolute atomic E-state index is 9.18. The summed E-state index contributed by atoms with van der Waals surface area (Å²) in [4.78, 5) is 0. The van der Waals surface area contributed by atoms with E-state index in [9.17, 15) is 5.26 Å². The van der Waals surface area contributed by atoms with Gasteiger partial charge in [-0.2, -0.15) is 5.26 Å². The molecule has 0 saturated heterocycles. The van der Waals surface area contributed by atoms with Crippen molar-refractivity contribution in [3.05, 3.63) is 94.1 Å². The molecule has 0 amide bonds. The molecule has 0 heterocycles. The maximum atomic E-state index is 9.18. The van der Waals surface area contributed by atoms with Crippen LogP contribution in [0.4, 0.5) is 0 Å². The van der Waals surface area contributed by atoms with E-state index in [0.717, 1.165) is 27.9 Å². The molecule has 0 N–H and O–H groups in total. The van der Waals surface area contributed by atoms with Crippen molar-refractivity contribution < 1.29 is 0 Å². The smallest absolute Gasteiger partial charge is 0.0991 e. The molecule has 1 unspecified atom stereocenters. The molecular formula is C29H39N. The zero-order valence-electron chi connectivity index (χ0n) is 20.5. The van der Waals surface area contributed by atoms with Crippen molar-refractivity contribution in [2.75, 3.05) is 0 Å². The Morgan fingerprint density at radius 3 is 1.83 bits per heavy atom. The largest absolute Gasteiger partial charge is 0.192 e. The van der Waals surface area contributed by atoms with Gasteiger partial charge in [-0.05, 0) is 82.9 Å². The number of nitrogens with zero attached hydrogens (tertiary/aromatic N) is 1. The van der Waals surface area contributed by atoms with Crippen LogP contribution in [0.25, 0.3) is 0 Å². The molecule has 1 nitrogen and oxygen atoms in total. The molecular weight excluding hydrogens is 362 g/mol. The van der Waals surface area contributed by atoms with Crippen LogP contribution in [0.3, 0.4) is 0 Å². The highest BCUT2D eigenvalue weighted by molar-refractivity contribution is 5.56.